The van der Waals surface area contributed by atoms with Crippen LogP contribution >= 0.6 is 0 Å². The topological polar surface area (TPSA) is 88.1 Å². The number of Topliss-reactive ketones (excluding diaryl/α,β-unsaturated/α-hetero) is 1. The lowest BCUT2D eigenvalue weighted by Crippen LogP contribution is -2.67. The molecule has 0 amide bonds. The molecular weight excluding hydrogens is 450 g/mol. The first-order chi connectivity index (χ1) is 17.0. The normalized spacial score (nSPS) is 50.9. The molecule has 5 fully saturated rings. The van der Waals surface area contributed by atoms with Crippen LogP contribution in [-0.2, 0) is 16.1 Å². The van der Waals surface area contributed by atoms with Crippen molar-refractivity contribution in [3.63, 3.8) is 0 Å². The Kier molecular flexibility index (Phi) is 5.24. The van der Waals surface area contributed by atoms with Crippen LogP contribution < -0.4 is 0 Å². The lowest BCUT2D eigenvalue weighted by molar-refractivity contribution is -0.248. The number of carbonyl (C=O) groups is 1. The number of fused-ring (bicyclic) bond motifs is 7. The van der Waals surface area contributed by atoms with Crippen LogP contribution in [0.3, 0.4) is 0 Å². The molecule has 1 N–H and O–H groups in total. The van der Waals surface area contributed by atoms with E-state index in [0.717, 1.165) is 45.1 Å². The molecule has 6 heteroatoms. The minimum Gasteiger partial charge on any atom is -0.390 e. The predicted molar refractivity (Wildman–Crippen MR) is 136 cm³/mol. The van der Waals surface area contributed by atoms with Gasteiger partial charge in [-0.25, -0.2) is 0 Å². The van der Waals surface area contributed by atoms with Crippen molar-refractivity contribution >= 4 is 5.78 Å². The average Bonchev–Trinajstić information content (AvgIpc) is 3.41. The fourth-order valence-corrected chi connectivity index (χ4v) is 11.1. The first kappa shape index (κ1) is 24.6. The number of nitrogens with zero attached hydrogens (tertiary/aromatic N) is 3. The van der Waals surface area contributed by atoms with Gasteiger partial charge in [-0.3, -0.25) is 9.48 Å². The van der Waals surface area contributed by atoms with Crippen molar-refractivity contribution in [1.29, 1.82) is 5.26 Å². The van der Waals surface area contributed by atoms with Crippen LogP contribution in [0.1, 0.15) is 84.6 Å². The predicted octanol–water partition coefficient (Wildman–Crippen LogP) is 5.00. The number of ketones is 1. The van der Waals surface area contributed by atoms with Gasteiger partial charge < -0.3 is 9.84 Å². The molecule has 0 aromatic carbocycles. The van der Waals surface area contributed by atoms with Gasteiger partial charge in [-0.2, -0.15) is 10.4 Å². The molecule has 1 aromatic heterocycles. The number of methoxy groups -OCH3 is 1. The van der Waals surface area contributed by atoms with Crippen LogP contribution in [0.5, 0.6) is 0 Å². The number of ether oxygens (including phenoxy) is 1. The maximum absolute atomic E-state index is 13.9. The van der Waals surface area contributed by atoms with Crippen LogP contribution in [0.2, 0.25) is 0 Å². The fourth-order valence-electron chi connectivity index (χ4n) is 11.1. The molecular formula is C30H43N3O3. The number of carbonyl (C=O) groups excluding carboxylic acids is 1. The van der Waals surface area contributed by atoms with Gasteiger partial charge >= 0.3 is 0 Å². The van der Waals surface area contributed by atoms with Gasteiger partial charge in [0.15, 0.2) is 5.78 Å². The van der Waals surface area contributed by atoms with Crippen molar-refractivity contribution in [2.24, 2.45) is 51.2 Å². The molecule has 1 aromatic rings. The number of hydrogen-bond acceptors (Lipinski definition) is 5. The molecule has 0 spiro atoms. The van der Waals surface area contributed by atoms with E-state index in [1.807, 2.05) is 14.0 Å². The number of nitriles is 1. The Morgan fingerprint density at radius 3 is 2.64 bits per heavy atom. The zero-order chi connectivity index (χ0) is 25.7. The van der Waals surface area contributed by atoms with Gasteiger partial charge in [-0.05, 0) is 98.2 Å². The van der Waals surface area contributed by atoms with Crippen molar-refractivity contribution in [2.75, 3.05) is 13.7 Å². The van der Waals surface area contributed by atoms with Crippen molar-refractivity contribution in [1.82, 2.24) is 9.78 Å². The first-order valence-electron chi connectivity index (χ1n) is 14.1. The van der Waals surface area contributed by atoms with Gasteiger partial charge in [0.1, 0.15) is 6.07 Å². The molecule has 0 saturated heterocycles. The van der Waals surface area contributed by atoms with Gasteiger partial charge in [0, 0.05) is 24.6 Å². The van der Waals surface area contributed by atoms with E-state index in [9.17, 15) is 9.90 Å². The van der Waals surface area contributed by atoms with E-state index >= 15 is 0 Å². The Morgan fingerprint density at radius 1 is 1.19 bits per heavy atom. The van der Waals surface area contributed by atoms with Gasteiger partial charge in [0.05, 0.1) is 30.5 Å². The molecule has 0 aliphatic heterocycles. The average molecular weight is 494 g/mol. The quantitative estimate of drug-likeness (QED) is 0.624. The summed E-state index contributed by atoms with van der Waals surface area (Å²) in [4.78, 5) is 13.9. The summed E-state index contributed by atoms with van der Waals surface area (Å²) in [5.41, 5.74) is 0.336. The molecule has 5 aliphatic rings. The third kappa shape index (κ3) is 2.96. The van der Waals surface area contributed by atoms with Crippen LogP contribution in [0.25, 0.3) is 0 Å². The molecule has 5 aliphatic carbocycles. The number of aromatic nitrogens is 2. The number of rotatable bonds is 5. The van der Waals surface area contributed by atoms with E-state index in [4.69, 9.17) is 10.00 Å². The van der Waals surface area contributed by atoms with Gasteiger partial charge in [-0.1, -0.05) is 20.8 Å². The smallest absolute Gasteiger partial charge is 0.158 e. The highest BCUT2D eigenvalue weighted by atomic mass is 16.5. The van der Waals surface area contributed by atoms with E-state index in [1.165, 1.54) is 12.8 Å². The third-order valence-electron chi connectivity index (χ3n) is 13.0. The highest BCUT2D eigenvalue weighted by Crippen LogP contribution is 2.84. The Morgan fingerprint density at radius 2 is 1.94 bits per heavy atom. The second-order valence-corrected chi connectivity index (χ2v) is 14.2. The molecule has 36 heavy (non-hydrogen) atoms. The second-order valence-electron chi connectivity index (χ2n) is 14.2. The van der Waals surface area contributed by atoms with Crippen molar-refractivity contribution in [3.05, 3.63) is 18.0 Å². The van der Waals surface area contributed by atoms with Crippen LogP contribution in [-0.4, -0.2) is 40.0 Å². The molecule has 10 atom stereocenters. The number of hydrogen-bond donors (Lipinski definition) is 1. The first-order valence-corrected chi connectivity index (χ1v) is 14.1. The Balaban J connectivity index is 1.35. The summed E-state index contributed by atoms with van der Waals surface area (Å²) < 4.78 is 7.66. The minimum absolute atomic E-state index is 0.00564. The summed E-state index contributed by atoms with van der Waals surface area (Å²) in [5, 5.41) is 24.4. The lowest BCUT2D eigenvalue weighted by Gasteiger charge is -2.71. The highest BCUT2D eigenvalue weighted by Gasteiger charge is 2.79. The summed E-state index contributed by atoms with van der Waals surface area (Å²) in [6.45, 7) is 10.6. The minimum atomic E-state index is -0.567. The molecule has 196 valence electrons. The zero-order valence-electron chi connectivity index (χ0n) is 22.7. The maximum Gasteiger partial charge on any atom is 0.158 e. The molecule has 2 unspecified atom stereocenters. The summed E-state index contributed by atoms with van der Waals surface area (Å²) in [6, 6.07) is 2.12. The van der Waals surface area contributed by atoms with Gasteiger partial charge in [-0.15, -0.1) is 0 Å². The summed E-state index contributed by atoms with van der Waals surface area (Å²) in [6.07, 6.45) is 11.8. The standard InChI is InChI=1S/C30H43N3O3/c1-26(35)8-11-30(18-36-5)20(13-26)6-7-24-27(30,2)9-10-28(3)25(21-12-22(21)29(24,28)4)23(34)17-33-16-19(14-31)15-32-33/h15-16,20-22,24-25,35H,6-13,17-18H2,1-5H3/t20-,21?,22?,24-,25-,26-,27+,28-,29+,30-/m1/s1. The van der Waals surface area contributed by atoms with E-state index in [1.54, 1.807) is 17.1 Å². The second kappa shape index (κ2) is 7.67. The zero-order valence-corrected chi connectivity index (χ0v) is 22.7. The lowest BCUT2D eigenvalue weighted by atomic mass is 9.33. The molecule has 5 saturated carbocycles. The number of aliphatic hydroxyl groups is 1. The van der Waals surface area contributed by atoms with E-state index < -0.39 is 5.60 Å². The SMILES string of the molecule is COC[C@]12CC[C@@](C)(O)C[C@H]1CC[C@@H]1[C@]2(C)CC[C@]2(C)[C@@H](C(=O)Cn3cc(C#N)cn3)C3CC3[C@@]12C. The van der Waals surface area contributed by atoms with Crippen molar-refractivity contribution < 1.29 is 14.6 Å². The molecule has 0 bridgehead atoms. The highest BCUT2D eigenvalue weighted by molar-refractivity contribution is 5.83. The summed E-state index contributed by atoms with van der Waals surface area (Å²) >= 11 is 0. The van der Waals surface area contributed by atoms with E-state index in [-0.39, 0.29) is 34.1 Å². The third-order valence-corrected chi connectivity index (χ3v) is 13.0. The largest absolute Gasteiger partial charge is 0.390 e. The summed E-state index contributed by atoms with van der Waals surface area (Å²) in [5.74, 6) is 2.56. The molecule has 1 heterocycles. The Labute approximate surface area is 215 Å². The Hall–Kier alpha value is -1.71. The van der Waals surface area contributed by atoms with Crippen LogP contribution in [0.15, 0.2) is 12.4 Å². The maximum atomic E-state index is 13.9. The van der Waals surface area contributed by atoms with Crippen LogP contribution in [0.4, 0.5) is 0 Å². The molecule has 0 radical (unpaired) electrons. The summed E-state index contributed by atoms with van der Waals surface area (Å²) in [7, 11) is 1.86. The molecule has 6 rings (SSSR count). The van der Waals surface area contributed by atoms with Crippen molar-refractivity contribution in [3.8, 4) is 6.07 Å². The van der Waals surface area contributed by atoms with Crippen LogP contribution in [0, 0.1) is 62.6 Å². The fraction of sp³-hybridized carbons (Fsp3) is 0.833. The van der Waals surface area contributed by atoms with Crippen molar-refractivity contribution in [2.45, 2.75) is 91.2 Å². The van der Waals surface area contributed by atoms with E-state index in [0.29, 0.717) is 35.0 Å². The Bertz CT molecular complexity index is 1120. The van der Waals surface area contributed by atoms with Gasteiger partial charge in [0.2, 0.25) is 0 Å². The monoisotopic (exact) mass is 493 g/mol. The van der Waals surface area contributed by atoms with Gasteiger partial charge in [0.25, 0.3) is 0 Å². The molecule has 6 nitrogen and oxygen atoms in total. The van der Waals surface area contributed by atoms with E-state index in [2.05, 4.69) is 31.9 Å².